The Morgan fingerprint density at radius 1 is 1.00 bits per heavy atom. The van der Waals surface area contributed by atoms with Crippen LogP contribution in [-0.2, 0) is 20.6 Å². The molecule has 1 rings (SSSR count). The van der Waals surface area contributed by atoms with Gasteiger partial charge < -0.3 is 18.9 Å². The summed E-state index contributed by atoms with van der Waals surface area (Å²) in [5.41, 5.74) is 1.45. The molecule has 0 aliphatic carbocycles. The average molecular weight is 268 g/mol. The highest BCUT2D eigenvalue weighted by molar-refractivity contribution is 5.90. The minimum Gasteiger partial charge on any atom is -0.491 e. The van der Waals surface area contributed by atoms with Gasteiger partial charge in [-0.2, -0.15) is 0 Å². The molecule has 0 unspecified atom stereocenters. The van der Waals surface area contributed by atoms with Gasteiger partial charge in [-0.3, -0.25) is 0 Å². The quantitative estimate of drug-likeness (QED) is 0.530. The van der Waals surface area contributed by atoms with E-state index in [1.807, 2.05) is 6.07 Å². The summed E-state index contributed by atoms with van der Waals surface area (Å²) in [5.74, 6) is 0.252. The minimum absolute atomic E-state index is 0.379. The van der Waals surface area contributed by atoms with Crippen LogP contribution in [0.25, 0.3) is 0 Å². The number of hydrogen-bond acceptors (Lipinski definition) is 5. The fraction of sp³-hybridized carbons (Fsp3) is 0.500. The minimum atomic E-state index is -0.379. The first-order valence-corrected chi connectivity index (χ1v) is 6.04. The van der Waals surface area contributed by atoms with Crippen molar-refractivity contribution in [1.82, 2.24) is 0 Å². The van der Waals surface area contributed by atoms with Gasteiger partial charge >= 0.3 is 5.97 Å². The van der Waals surface area contributed by atoms with E-state index >= 15 is 0 Å². The lowest BCUT2D eigenvalue weighted by Gasteiger charge is -2.10. The summed E-state index contributed by atoms with van der Waals surface area (Å²) in [6.07, 6.45) is 0.710. The lowest BCUT2D eigenvalue weighted by Crippen LogP contribution is -2.07. The maximum Gasteiger partial charge on any atom is 0.337 e. The second-order valence-corrected chi connectivity index (χ2v) is 3.94. The normalized spacial score (nSPS) is 10.3. The van der Waals surface area contributed by atoms with Gasteiger partial charge in [0.25, 0.3) is 0 Å². The molecule has 106 valence electrons. The van der Waals surface area contributed by atoms with Crippen LogP contribution in [0.1, 0.15) is 15.9 Å². The van der Waals surface area contributed by atoms with Gasteiger partial charge in [-0.25, -0.2) is 4.79 Å². The predicted octanol–water partition coefficient (Wildman–Crippen LogP) is 1.69. The molecule has 0 bridgehead atoms. The van der Waals surface area contributed by atoms with Gasteiger partial charge in [0.2, 0.25) is 0 Å². The molecule has 0 amide bonds. The van der Waals surface area contributed by atoms with Crippen molar-refractivity contribution in [2.24, 2.45) is 0 Å². The lowest BCUT2D eigenvalue weighted by atomic mass is 10.1. The Bertz CT molecular complexity index is 403. The van der Waals surface area contributed by atoms with Gasteiger partial charge in [0.1, 0.15) is 12.4 Å². The number of rotatable bonds is 8. The highest BCUT2D eigenvalue weighted by Gasteiger charge is 2.09. The molecule has 0 spiro atoms. The zero-order valence-electron chi connectivity index (χ0n) is 11.6. The molecule has 5 heteroatoms. The van der Waals surface area contributed by atoms with Crippen molar-refractivity contribution in [3.63, 3.8) is 0 Å². The summed E-state index contributed by atoms with van der Waals surface area (Å²) >= 11 is 0. The van der Waals surface area contributed by atoms with Crippen LogP contribution in [-0.4, -0.2) is 47.1 Å². The molecule has 0 atom stereocenters. The SMILES string of the molecule is COCCOc1cc(CCOC)cc(C(=O)OC)c1. The Morgan fingerprint density at radius 2 is 1.74 bits per heavy atom. The monoisotopic (exact) mass is 268 g/mol. The number of ether oxygens (including phenoxy) is 4. The Labute approximate surface area is 113 Å². The molecular weight excluding hydrogens is 248 g/mol. The number of esters is 1. The molecule has 1 aromatic carbocycles. The van der Waals surface area contributed by atoms with Crippen molar-refractivity contribution in [2.45, 2.75) is 6.42 Å². The second-order valence-electron chi connectivity index (χ2n) is 3.94. The largest absolute Gasteiger partial charge is 0.491 e. The zero-order chi connectivity index (χ0) is 14.1. The summed E-state index contributed by atoms with van der Waals surface area (Å²) < 4.78 is 20.2. The van der Waals surface area contributed by atoms with Crippen LogP contribution in [0.3, 0.4) is 0 Å². The fourth-order valence-electron chi connectivity index (χ4n) is 1.59. The van der Waals surface area contributed by atoms with Crippen molar-refractivity contribution in [3.05, 3.63) is 29.3 Å². The smallest absolute Gasteiger partial charge is 0.337 e. The highest BCUT2D eigenvalue weighted by Crippen LogP contribution is 2.19. The molecule has 0 radical (unpaired) electrons. The molecule has 0 aromatic heterocycles. The van der Waals surface area contributed by atoms with Crippen LogP contribution in [0.2, 0.25) is 0 Å². The molecule has 0 fully saturated rings. The van der Waals surface area contributed by atoms with E-state index in [9.17, 15) is 4.79 Å². The standard InChI is InChI=1S/C14H20O5/c1-16-5-4-11-8-12(14(15)18-3)10-13(9-11)19-7-6-17-2/h8-10H,4-7H2,1-3H3. The third-order valence-electron chi connectivity index (χ3n) is 2.54. The van der Waals surface area contributed by atoms with Gasteiger partial charge in [0.05, 0.1) is 25.9 Å². The van der Waals surface area contributed by atoms with E-state index in [2.05, 4.69) is 0 Å². The Kier molecular flexibility index (Phi) is 6.92. The highest BCUT2D eigenvalue weighted by atomic mass is 16.5. The van der Waals surface area contributed by atoms with Crippen LogP contribution in [0.5, 0.6) is 5.75 Å². The Balaban J connectivity index is 2.85. The van der Waals surface area contributed by atoms with Crippen LogP contribution in [0.15, 0.2) is 18.2 Å². The molecule has 0 heterocycles. The first-order chi connectivity index (χ1) is 9.21. The summed E-state index contributed by atoms with van der Waals surface area (Å²) in [5, 5.41) is 0. The summed E-state index contributed by atoms with van der Waals surface area (Å²) in [7, 11) is 4.61. The molecule has 5 nitrogen and oxygen atoms in total. The second kappa shape index (κ2) is 8.50. The van der Waals surface area contributed by atoms with Crippen molar-refractivity contribution in [2.75, 3.05) is 41.2 Å². The third-order valence-corrected chi connectivity index (χ3v) is 2.54. The van der Waals surface area contributed by atoms with Crippen LogP contribution >= 0.6 is 0 Å². The summed E-state index contributed by atoms with van der Waals surface area (Å²) in [4.78, 5) is 11.6. The summed E-state index contributed by atoms with van der Waals surface area (Å²) in [6, 6.07) is 5.34. The maximum absolute atomic E-state index is 11.6. The van der Waals surface area contributed by atoms with Gasteiger partial charge in [-0.05, 0) is 30.2 Å². The van der Waals surface area contributed by atoms with Crippen molar-refractivity contribution in [3.8, 4) is 5.75 Å². The molecule has 0 N–H and O–H groups in total. The zero-order valence-corrected chi connectivity index (χ0v) is 11.6. The Morgan fingerprint density at radius 3 is 2.37 bits per heavy atom. The molecular formula is C14H20O5. The van der Waals surface area contributed by atoms with E-state index in [-0.39, 0.29) is 5.97 Å². The first-order valence-electron chi connectivity index (χ1n) is 6.04. The number of carbonyl (C=O) groups excluding carboxylic acids is 1. The van der Waals surface area contributed by atoms with Crippen molar-refractivity contribution >= 4 is 5.97 Å². The molecule has 0 saturated heterocycles. The number of methoxy groups -OCH3 is 3. The van der Waals surface area contributed by atoms with Crippen molar-refractivity contribution in [1.29, 1.82) is 0 Å². The van der Waals surface area contributed by atoms with Crippen LogP contribution in [0, 0.1) is 0 Å². The molecule has 0 saturated carbocycles. The van der Waals surface area contributed by atoms with Gasteiger partial charge in [-0.15, -0.1) is 0 Å². The molecule has 0 aliphatic heterocycles. The maximum atomic E-state index is 11.6. The van der Waals surface area contributed by atoms with E-state index < -0.39 is 0 Å². The van der Waals surface area contributed by atoms with E-state index in [4.69, 9.17) is 18.9 Å². The van der Waals surface area contributed by atoms with E-state index in [0.29, 0.717) is 37.6 Å². The third kappa shape index (κ3) is 5.28. The number of carbonyl (C=O) groups is 1. The average Bonchev–Trinajstić information content (AvgIpc) is 2.44. The fourth-order valence-corrected chi connectivity index (χ4v) is 1.59. The van der Waals surface area contributed by atoms with E-state index in [1.165, 1.54) is 7.11 Å². The Hall–Kier alpha value is -1.59. The van der Waals surface area contributed by atoms with Crippen LogP contribution in [0.4, 0.5) is 0 Å². The predicted molar refractivity (Wildman–Crippen MR) is 70.7 cm³/mol. The van der Waals surface area contributed by atoms with Gasteiger partial charge in [-0.1, -0.05) is 0 Å². The first kappa shape index (κ1) is 15.5. The topological polar surface area (TPSA) is 54.0 Å². The summed E-state index contributed by atoms with van der Waals surface area (Å²) in [6.45, 7) is 1.52. The lowest BCUT2D eigenvalue weighted by molar-refractivity contribution is 0.0600. The van der Waals surface area contributed by atoms with E-state index in [0.717, 1.165) is 5.56 Å². The van der Waals surface area contributed by atoms with Gasteiger partial charge in [0.15, 0.2) is 0 Å². The van der Waals surface area contributed by atoms with Crippen LogP contribution < -0.4 is 4.74 Å². The van der Waals surface area contributed by atoms with Crippen molar-refractivity contribution < 1.29 is 23.7 Å². The number of hydrogen-bond donors (Lipinski definition) is 0. The van der Waals surface area contributed by atoms with Gasteiger partial charge in [0, 0.05) is 14.2 Å². The molecule has 0 aliphatic rings. The number of benzene rings is 1. The van der Waals surface area contributed by atoms with E-state index in [1.54, 1.807) is 26.4 Å². The molecule has 19 heavy (non-hydrogen) atoms. The molecule has 1 aromatic rings.